The van der Waals surface area contributed by atoms with Gasteiger partial charge in [0.05, 0.1) is 35.3 Å². The molecule has 0 spiro atoms. The van der Waals surface area contributed by atoms with Crippen LogP contribution < -0.4 is 10.2 Å². The van der Waals surface area contributed by atoms with Crippen LogP contribution in [0, 0.1) is 12.7 Å². The Morgan fingerprint density at radius 1 is 1.07 bits per heavy atom. The quantitative estimate of drug-likeness (QED) is 0.560. The Morgan fingerprint density at radius 2 is 1.89 bits per heavy atom. The highest BCUT2D eigenvalue weighted by atomic mass is 35.5. The zero-order valence-electron chi connectivity index (χ0n) is 14.4. The van der Waals surface area contributed by atoms with Gasteiger partial charge < -0.3 is 9.72 Å². The minimum atomic E-state index is -0.539. The lowest BCUT2D eigenvalue weighted by Crippen LogP contribution is -1.96. The van der Waals surface area contributed by atoms with Crippen molar-refractivity contribution in [2.75, 3.05) is 0 Å². The molecule has 7 nitrogen and oxygen atoms in total. The number of benzene rings is 2. The first kappa shape index (κ1) is 16.6. The highest BCUT2D eigenvalue weighted by Gasteiger charge is 2.17. The molecule has 0 aliphatic carbocycles. The summed E-state index contributed by atoms with van der Waals surface area (Å²) >= 11 is 6.50. The summed E-state index contributed by atoms with van der Waals surface area (Å²) in [5.74, 6) is 0.386. The molecule has 3 heterocycles. The molecular formula is C19H11ClFN6O. The molecule has 4 aromatic rings. The van der Waals surface area contributed by atoms with E-state index >= 15 is 0 Å². The Kier molecular flexibility index (Phi) is 3.73. The first-order valence-electron chi connectivity index (χ1n) is 8.32. The molecule has 0 unspecified atom stereocenters. The molecule has 0 fully saturated rings. The van der Waals surface area contributed by atoms with Gasteiger partial charge in [0.1, 0.15) is 27.6 Å². The first-order chi connectivity index (χ1) is 13.6. The Labute approximate surface area is 162 Å². The summed E-state index contributed by atoms with van der Waals surface area (Å²) in [6, 6.07) is 6.54. The number of aromatic amines is 1. The van der Waals surface area contributed by atoms with Crippen molar-refractivity contribution in [2.24, 2.45) is 5.10 Å². The van der Waals surface area contributed by atoms with Crippen molar-refractivity contribution in [3.8, 4) is 11.5 Å². The van der Waals surface area contributed by atoms with Gasteiger partial charge in [-0.3, -0.25) is 4.98 Å². The van der Waals surface area contributed by atoms with Crippen LogP contribution in [0.2, 0.25) is 5.02 Å². The number of fused-ring (bicyclic) bond motifs is 2. The lowest BCUT2D eigenvalue weighted by molar-refractivity contribution is 0.446. The zero-order valence-corrected chi connectivity index (χ0v) is 15.2. The molecule has 1 radical (unpaired) electrons. The maximum Gasteiger partial charge on any atom is 0.191 e. The van der Waals surface area contributed by atoms with Gasteiger partial charge in [-0.25, -0.2) is 14.4 Å². The van der Waals surface area contributed by atoms with Gasteiger partial charge in [0.25, 0.3) is 0 Å². The van der Waals surface area contributed by atoms with Crippen molar-refractivity contribution in [1.82, 2.24) is 25.4 Å². The second kappa shape index (κ2) is 6.28. The molecule has 1 aliphatic rings. The lowest BCUT2D eigenvalue weighted by Gasteiger charge is -2.10. The first-order valence-corrected chi connectivity index (χ1v) is 8.69. The largest absolute Gasteiger partial charge is 0.453 e. The number of aromatic nitrogens is 4. The van der Waals surface area contributed by atoms with E-state index in [-0.39, 0.29) is 22.0 Å². The van der Waals surface area contributed by atoms with Gasteiger partial charge in [-0.2, -0.15) is 10.5 Å². The molecule has 2 aromatic heterocycles. The van der Waals surface area contributed by atoms with Crippen LogP contribution in [0.1, 0.15) is 11.5 Å². The Bertz CT molecular complexity index is 1310. The van der Waals surface area contributed by atoms with Gasteiger partial charge in [0.15, 0.2) is 11.6 Å². The second-order valence-corrected chi connectivity index (χ2v) is 6.52. The SMILES string of the molecule is Cc1nc2ccc(Oc3ccc4ncc(C5=C[N]N=C5)nc4c3Cl)c(F)c2[nH]1. The average molecular weight is 394 g/mol. The number of nitrogens with one attached hydrogen (secondary N) is 1. The van der Waals surface area contributed by atoms with E-state index in [9.17, 15) is 4.39 Å². The molecule has 0 saturated heterocycles. The normalized spacial score (nSPS) is 13.2. The maximum absolute atomic E-state index is 14.8. The van der Waals surface area contributed by atoms with Gasteiger partial charge in [-0.1, -0.05) is 11.6 Å². The summed E-state index contributed by atoms with van der Waals surface area (Å²) in [6.07, 6.45) is 4.79. The van der Waals surface area contributed by atoms with Crippen LogP contribution in [0.25, 0.3) is 27.6 Å². The second-order valence-electron chi connectivity index (χ2n) is 6.14. The zero-order chi connectivity index (χ0) is 19.3. The molecular weight excluding hydrogens is 383 g/mol. The number of rotatable bonds is 3. The topological polar surface area (TPSA) is 90.2 Å². The molecule has 2 aromatic carbocycles. The number of H-pyrrole nitrogens is 1. The van der Waals surface area contributed by atoms with Crippen molar-refractivity contribution >= 4 is 45.5 Å². The summed E-state index contributed by atoms with van der Waals surface area (Å²) in [5, 5.41) is 4.02. The van der Waals surface area contributed by atoms with Gasteiger partial charge >= 0.3 is 0 Å². The van der Waals surface area contributed by atoms with Crippen molar-refractivity contribution in [1.29, 1.82) is 0 Å². The fraction of sp³-hybridized carbons (Fsp3) is 0.0526. The van der Waals surface area contributed by atoms with Crippen molar-refractivity contribution in [3.63, 3.8) is 0 Å². The summed E-state index contributed by atoms with van der Waals surface area (Å²) in [6.45, 7) is 1.76. The van der Waals surface area contributed by atoms with Crippen LogP contribution in [-0.2, 0) is 0 Å². The molecule has 0 bridgehead atoms. The molecule has 28 heavy (non-hydrogen) atoms. The predicted molar refractivity (Wildman–Crippen MR) is 104 cm³/mol. The summed E-state index contributed by atoms with van der Waals surface area (Å²) in [5.41, 5.74) is 6.93. The highest BCUT2D eigenvalue weighted by molar-refractivity contribution is 6.36. The monoisotopic (exact) mass is 393 g/mol. The minimum absolute atomic E-state index is 0.0333. The van der Waals surface area contributed by atoms with Gasteiger partial charge in [-0.15, -0.1) is 0 Å². The third kappa shape index (κ3) is 2.66. The number of hydrogen-bond donors (Lipinski definition) is 1. The summed E-state index contributed by atoms with van der Waals surface area (Å²) < 4.78 is 20.5. The molecule has 1 aliphatic heterocycles. The van der Waals surface area contributed by atoms with Crippen LogP contribution in [0.5, 0.6) is 11.5 Å². The van der Waals surface area contributed by atoms with Crippen LogP contribution in [0.15, 0.2) is 41.8 Å². The van der Waals surface area contributed by atoms with Gasteiger partial charge in [0, 0.05) is 5.57 Å². The number of hydrogen-bond acceptors (Lipinski definition) is 5. The maximum atomic E-state index is 14.8. The van der Waals surface area contributed by atoms with E-state index in [1.54, 1.807) is 43.7 Å². The smallest absolute Gasteiger partial charge is 0.191 e. The number of imidazole rings is 1. The fourth-order valence-electron chi connectivity index (χ4n) is 2.95. The van der Waals surface area contributed by atoms with Crippen LogP contribution in [-0.4, -0.2) is 26.2 Å². The standard InChI is InChI=1S/C19H11ClFN6O/c1-9-25-12-3-5-15(17(21)19(12)26-9)28-14-4-2-11-18(16(14)20)27-13(8-22-11)10-6-23-24-7-10/h2-8H,1H3,(H,25,26). The number of nitrogens with zero attached hydrogens (tertiary/aromatic N) is 5. The molecule has 1 N–H and O–H groups in total. The molecule has 0 atom stereocenters. The van der Waals surface area contributed by atoms with E-state index in [1.165, 1.54) is 6.07 Å². The number of aryl methyl sites for hydroxylation is 1. The Balaban J connectivity index is 1.58. The molecule has 0 amide bonds. The number of ether oxygens (including phenoxy) is 1. The minimum Gasteiger partial charge on any atom is -0.453 e. The van der Waals surface area contributed by atoms with Crippen LogP contribution in [0.4, 0.5) is 4.39 Å². The summed E-state index contributed by atoms with van der Waals surface area (Å²) in [4.78, 5) is 16.0. The number of halogens is 2. The van der Waals surface area contributed by atoms with Crippen molar-refractivity contribution in [3.05, 3.63) is 59.0 Å². The lowest BCUT2D eigenvalue weighted by atomic mass is 10.2. The highest BCUT2D eigenvalue weighted by Crippen LogP contribution is 2.36. The van der Waals surface area contributed by atoms with E-state index in [1.807, 2.05) is 0 Å². The predicted octanol–water partition coefficient (Wildman–Crippen LogP) is 4.34. The average Bonchev–Trinajstić information content (AvgIpc) is 3.35. The Hall–Kier alpha value is -3.52. The van der Waals surface area contributed by atoms with Crippen molar-refractivity contribution < 1.29 is 9.13 Å². The molecule has 137 valence electrons. The van der Waals surface area contributed by atoms with E-state index < -0.39 is 5.82 Å². The van der Waals surface area contributed by atoms with Crippen molar-refractivity contribution in [2.45, 2.75) is 6.92 Å². The van der Waals surface area contributed by atoms with E-state index in [0.29, 0.717) is 28.1 Å². The third-order valence-corrected chi connectivity index (χ3v) is 4.64. The molecule has 0 saturated carbocycles. The van der Waals surface area contributed by atoms with Gasteiger partial charge in [0.2, 0.25) is 0 Å². The van der Waals surface area contributed by atoms with Gasteiger partial charge in [-0.05, 0) is 31.2 Å². The third-order valence-electron chi connectivity index (χ3n) is 4.27. The Morgan fingerprint density at radius 3 is 2.71 bits per heavy atom. The van der Waals surface area contributed by atoms with Crippen LogP contribution in [0.3, 0.4) is 0 Å². The van der Waals surface area contributed by atoms with E-state index in [2.05, 4.69) is 30.5 Å². The van der Waals surface area contributed by atoms with E-state index in [0.717, 1.165) is 5.57 Å². The van der Waals surface area contributed by atoms with Crippen LogP contribution >= 0.6 is 11.6 Å². The molecule has 5 rings (SSSR count). The fourth-order valence-corrected chi connectivity index (χ4v) is 3.19. The molecule has 9 heteroatoms. The van der Waals surface area contributed by atoms with E-state index in [4.69, 9.17) is 16.3 Å². The summed E-state index contributed by atoms with van der Waals surface area (Å²) in [7, 11) is 0. The number of allylic oxidation sites excluding steroid dienone is 1.